The van der Waals surface area contributed by atoms with Crippen molar-refractivity contribution in [3.8, 4) is 0 Å². The predicted octanol–water partition coefficient (Wildman–Crippen LogP) is 3.32. The van der Waals surface area contributed by atoms with E-state index in [9.17, 15) is 9.18 Å². The molecule has 4 rings (SSSR count). The molecule has 1 saturated carbocycles. The van der Waals surface area contributed by atoms with Gasteiger partial charge in [0.1, 0.15) is 5.82 Å². The number of hydrogen-bond acceptors (Lipinski definition) is 4. The van der Waals surface area contributed by atoms with Gasteiger partial charge in [0.05, 0.1) is 13.2 Å². The number of morpholine rings is 1. The molecular weight excluding hydrogens is 369 g/mol. The first-order chi connectivity index (χ1) is 14.2. The Hall–Kier alpha value is -2.28. The first-order valence-electron chi connectivity index (χ1n) is 10.4. The molecule has 3 N–H and O–H groups in total. The number of hydrogen-bond donors (Lipinski definition) is 3. The minimum Gasteiger partial charge on any atom is -0.379 e. The maximum Gasteiger partial charge on any atom is 0.255 e. The number of anilines is 1. The van der Waals surface area contributed by atoms with Crippen molar-refractivity contribution in [2.75, 3.05) is 25.1 Å². The Kier molecular flexibility index (Phi) is 6.54. The number of amides is 1. The zero-order valence-electron chi connectivity index (χ0n) is 16.5. The topological polar surface area (TPSA) is 62.4 Å². The van der Waals surface area contributed by atoms with Gasteiger partial charge in [-0.15, -0.1) is 0 Å². The van der Waals surface area contributed by atoms with Crippen LogP contribution < -0.4 is 16.0 Å². The monoisotopic (exact) mass is 397 g/mol. The molecule has 1 amide bonds. The quantitative estimate of drug-likeness (QED) is 0.700. The lowest BCUT2D eigenvalue weighted by atomic mass is 9.94. The minimum absolute atomic E-state index is 0.244. The van der Waals surface area contributed by atoms with Crippen LogP contribution in [0.15, 0.2) is 48.5 Å². The van der Waals surface area contributed by atoms with Crippen molar-refractivity contribution in [2.45, 2.75) is 37.9 Å². The van der Waals surface area contributed by atoms with Crippen molar-refractivity contribution in [2.24, 2.45) is 5.92 Å². The molecule has 6 heteroatoms. The van der Waals surface area contributed by atoms with Crippen LogP contribution in [0.3, 0.4) is 0 Å². The fourth-order valence-electron chi connectivity index (χ4n) is 4.34. The first-order valence-corrected chi connectivity index (χ1v) is 10.4. The molecule has 3 unspecified atom stereocenters. The molecule has 2 aliphatic rings. The number of carbonyl (C=O) groups is 1. The second kappa shape index (κ2) is 9.48. The van der Waals surface area contributed by atoms with Crippen LogP contribution in [-0.2, 0) is 11.3 Å². The summed E-state index contributed by atoms with van der Waals surface area (Å²) in [4.78, 5) is 12.2. The van der Waals surface area contributed by atoms with Gasteiger partial charge < -0.3 is 20.7 Å². The summed E-state index contributed by atoms with van der Waals surface area (Å²) in [6, 6.07) is 14.4. The van der Waals surface area contributed by atoms with Crippen LogP contribution in [0.1, 0.15) is 35.2 Å². The van der Waals surface area contributed by atoms with Gasteiger partial charge in [-0.2, -0.15) is 0 Å². The summed E-state index contributed by atoms with van der Waals surface area (Å²) in [6.45, 7) is 3.37. The van der Waals surface area contributed by atoms with E-state index in [0.717, 1.165) is 32.0 Å². The van der Waals surface area contributed by atoms with Crippen LogP contribution in [0.25, 0.3) is 0 Å². The van der Waals surface area contributed by atoms with Crippen molar-refractivity contribution >= 4 is 11.6 Å². The fraction of sp³-hybridized carbons (Fsp3) is 0.435. The summed E-state index contributed by atoms with van der Waals surface area (Å²) in [7, 11) is 0. The SMILES string of the molecule is O=C(Nc1ccc(CNC2CCCC2C2COCCN2)cc1)c1ccc(F)cc1. The summed E-state index contributed by atoms with van der Waals surface area (Å²) in [5.41, 5.74) is 2.35. The Morgan fingerprint density at radius 2 is 1.90 bits per heavy atom. The number of nitrogens with one attached hydrogen (secondary N) is 3. The van der Waals surface area contributed by atoms with E-state index in [1.807, 2.05) is 24.3 Å². The molecule has 1 heterocycles. The summed E-state index contributed by atoms with van der Waals surface area (Å²) in [5.74, 6) is 0.0196. The van der Waals surface area contributed by atoms with Crippen LogP contribution >= 0.6 is 0 Å². The summed E-state index contributed by atoms with van der Waals surface area (Å²) < 4.78 is 18.6. The van der Waals surface area contributed by atoms with Gasteiger partial charge in [0.25, 0.3) is 5.91 Å². The van der Waals surface area contributed by atoms with Gasteiger partial charge >= 0.3 is 0 Å². The maximum atomic E-state index is 13.0. The lowest BCUT2D eigenvalue weighted by Crippen LogP contribution is -2.50. The minimum atomic E-state index is -0.352. The highest BCUT2D eigenvalue weighted by Crippen LogP contribution is 2.29. The summed E-state index contributed by atoms with van der Waals surface area (Å²) in [5, 5.41) is 10.2. The van der Waals surface area contributed by atoms with Gasteiger partial charge in [-0.1, -0.05) is 18.6 Å². The highest BCUT2D eigenvalue weighted by Gasteiger charge is 2.34. The largest absolute Gasteiger partial charge is 0.379 e. The second-order valence-corrected chi connectivity index (χ2v) is 7.88. The molecule has 5 nitrogen and oxygen atoms in total. The van der Waals surface area contributed by atoms with Crippen molar-refractivity contribution in [1.29, 1.82) is 0 Å². The van der Waals surface area contributed by atoms with Gasteiger partial charge in [-0.3, -0.25) is 4.79 Å². The van der Waals surface area contributed by atoms with Gasteiger partial charge in [0.2, 0.25) is 0 Å². The molecule has 0 bridgehead atoms. The lowest BCUT2D eigenvalue weighted by molar-refractivity contribution is 0.0524. The van der Waals surface area contributed by atoms with Crippen molar-refractivity contribution < 1.29 is 13.9 Å². The molecular formula is C23H28FN3O2. The average Bonchev–Trinajstić information content (AvgIpc) is 3.23. The van der Waals surface area contributed by atoms with Crippen LogP contribution in [0.2, 0.25) is 0 Å². The van der Waals surface area contributed by atoms with Gasteiger partial charge in [-0.05, 0) is 60.7 Å². The van der Waals surface area contributed by atoms with Gasteiger partial charge in [-0.25, -0.2) is 4.39 Å². The van der Waals surface area contributed by atoms with Crippen molar-refractivity contribution in [1.82, 2.24) is 10.6 Å². The first kappa shape index (κ1) is 20.0. The molecule has 2 fully saturated rings. The van der Waals surface area contributed by atoms with E-state index >= 15 is 0 Å². The summed E-state index contributed by atoms with van der Waals surface area (Å²) in [6.07, 6.45) is 3.70. The lowest BCUT2D eigenvalue weighted by Gasteiger charge is -2.33. The molecule has 29 heavy (non-hydrogen) atoms. The third-order valence-corrected chi connectivity index (χ3v) is 5.92. The Balaban J connectivity index is 1.29. The number of halogens is 1. The highest BCUT2D eigenvalue weighted by molar-refractivity contribution is 6.04. The Bertz CT molecular complexity index is 804. The summed E-state index contributed by atoms with van der Waals surface area (Å²) >= 11 is 0. The van der Waals surface area contributed by atoms with E-state index in [-0.39, 0.29) is 11.7 Å². The van der Waals surface area contributed by atoms with Crippen LogP contribution in [-0.4, -0.2) is 37.7 Å². The predicted molar refractivity (Wildman–Crippen MR) is 111 cm³/mol. The standard InChI is InChI=1S/C23H28FN3O2/c24-18-8-6-17(7-9-18)23(28)27-19-10-4-16(5-11-19)14-26-21-3-1-2-20(21)22-15-29-13-12-25-22/h4-11,20-22,25-26H,1-3,12-15H2,(H,27,28). The third-order valence-electron chi connectivity index (χ3n) is 5.92. The zero-order chi connectivity index (χ0) is 20.1. The third kappa shape index (κ3) is 5.21. The van der Waals surface area contributed by atoms with E-state index in [1.54, 1.807) is 0 Å². The Morgan fingerprint density at radius 3 is 2.62 bits per heavy atom. The van der Waals surface area contributed by atoms with E-state index < -0.39 is 0 Å². The van der Waals surface area contributed by atoms with Crippen LogP contribution in [0.4, 0.5) is 10.1 Å². The van der Waals surface area contributed by atoms with Gasteiger partial charge in [0.15, 0.2) is 0 Å². The number of ether oxygens (including phenoxy) is 1. The van der Waals surface area contributed by atoms with E-state index in [0.29, 0.717) is 23.6 Å². The van der Waals surface area contributed by atoms with E-state index in [4.69, 9.17) is 4.74 Å². The Labute approximate surface area is 171 Å². The van der Waals surface area contributed by atoms with Crippen molar-refractivity contribution in [3.05, 3.63) is 65.5 Å². The van der Waals surface area contributed by atoms with Crippen LogP contribution in [0.5, 0.6) is 0 Å². The maximum absolute atomic E-state index is 13.0. The molecule has 0 radical (unpaired) electrons. The smallest absolute Gasteiger partial charge is 0.255 e. The second-order valence-electron chi connectivity index (χ2n) is 7.88. The fourth-order valence-corrected chi connectivity index (χ4v) is 4.34. The molecule has 1 aliphatic carbocycles. The van der Waals surface area contributed by atoms with E-state index in [2.05, 4.69) is 16.0 Å². The molecule has 0 aromatic heterocycles. The zero-order valence-corrected chi connectivity index (χ0v) is 16.5. The molecule has 2 aromatic carbocycles. The highest BCUT2D eigenvalue weighted by atomic mass is 19.1. The normalized spacial score (nSPS) is 24.4. The van der Waals surface area contributed by atoms with Gasteiger partial charge in [0, 0.05) is 36.4 Å². The molecule has 3 atom stereocenters. The van der Waals surface area contributed by atoms with Crippen LogP contribution in [0, 0.1) is 11.7 Å². The molecule has 0 spiro atoms. The number of benzene rings is 2. The Morgan fingerprint density at radius 1 is 1.10 bits per heavy atom. The molecule has 2 aromatic rings. The molecule has 1 aliphatic heterocycles. The van der Waals surface area contributed by atoms with Crippen molar-refractivity contribution in [3.63, 3.8) is 0 Å². The molecule has 1 saturated heterocycles. The number of rotatable bonds is 6. The average molecular weight is 397 g/mol. The number of carbonyl (C=O) groups excluding carboxylic acids is 1. The molecule has 154 valence electrons. The van der Waals surface area contributed by atoms with E-state index in [1.165, 1.54) is 49.1 Å².